The lowest BCUT2D eigenvalue weighted by atomic mass is 9.79. The van der Waals surface area contributed by atoms with Gasteiger partial charge >= 0.3 is 5.97 Å². The second-order valence-electron chi connectivity index (χ2n) is 6.46. The minimum atomic E-state index is -0.876. The smallest absolute Gasteiger partial charge is 0.335 e. The number of carboxylic acids is 1. The Morgan fingerprint density at radius 2 is 1.65 bits per heavy atom. The lowest BCUT2D eigenvalue weighted by molar-refractivity contribution is 0.0697. The summed E-state index contributed by atoms with van der Waals surface area (Å²) in [5.41, 5.74) is 3.15. The third-order valence-corrected chi connectivity index (χ3v) is 4.94. The summed E-state index contributed by atoms with van der Waals surface area (Å²) in [7, 11) is 0. The maximum atomic E-state index is 10.9. The summed E-state index contributed by atoms with van der Waals surface area (Å²) in [5.74, 6) is -0.876. The van der Waals surface area contributed by atoms with Crippen LogP contribution < -0.4 is 5.32 Å². The van der Waals surface area contributed by atoms with E-state index in [1.165, 1.54) is 31.2 Å². The largest absolute Gasteiger partial charge is 0.478 e. The molecule has 1 aliphatic carbocycles. The SMILES string of the molecule is O=C(O)c1ccc(CNCC2(c3ccccc3)CCCC2)cc1. The van der Waals surface area contributed by atoms with E-state index in [1.807, 2.05) is 12.1 Å². The number of benzene rings is 2. The minimum Gasteiger partial charge on any atom is -0.478 e. The monoisotopic (exact) mass is 309 g/mol. The Labute approximate surface area is 137 Å². The molecule has 0 aromatic heterocycles. The van der Waals surface area contributed by atoms with Crippen LogP contribution >= 0.6 is 0 Å². The topological polar surface area (TPSA) is 49.3 Å². The molecular formula is C20H23NO2. The predicted octanol–water partition coefficient (Wildman–Crippen LogP) is 3.99. The molecule has 1 saturated carbocycles. The number of carboxylic acid groups (broad SMARTS) is 1. The Balaban J connectivity index is 1.63. The van der Waals surface area contributed by atoms with Crippen LogP contribution in [0.25, 0.3) is 0 Å². The first-order valence-corrected chi connectivity index (χ1v) is 8.28. The molecule has 3 rings (SSSR count). The molecule has 0 spiro atoms. The number of rotatable bonds is 6. The van der Waals surface area contributed by atoms with Gasteiger partial charge in [-0.25, -0.2) is 4.79 Å². The van der Waals surface area contributed by atoms with Gasteiger partial charge < -0.3 is 10.4 Å². The Morgan fingerprint density at radius 3 is 2.26 bits per heavy atom. The van der Waals surface area contributed by atoms with Gasteiger partial charge in [0.1, 0.15) is 0 Å². The Hall–Kier alpha value is -2.13. The van der Waals surface area contributed by atoms with E-state index in [0.29, 0.717) is 5.56 Å². The molecule has 0 saturated heterocycles. The van der Waals surface area contributed by atoms with Crippen molar-refractivity contribution in [1.82, 2.24) is 5.32 Å². The molecule has 0 bridgehead atoms. The van der Waals surface area contributed by atoms with Crippen molar-refractivity contribution >= 4 is 5.97 Å². The first-order valence-electron chi connectivity index (χ1n) is 8.28. The van der Waals surface area contributed by atoms with E-state index in [4.69, 9.17) is 5.11 Å². The molecule has 0 radical (unpaired) electrons. The van der Waals surface area contributed by atoms with Gasteiger partial charge in [-0.05, 0) is 36.1 Å². The Morgan fingerprint density at radius 1 is 1.00 bits per heavy atom. The minimum absolute atomic E-state index is 0.252. The van der Waals surface area contributed by atoms with Crippen LogP contribution in [0, 0.1) is 0 Å². The van der Waals surface area contributed by atoms with Gasteiger partial charge in [0.25, 0.3) is 0 Å². The third kappa shape index (κ3) is 3.62. The lowest BCUT2D eigenvalue weighted by Gasteiger charge is -2.30. The molecule has 120 valence electrons. The zero-order valence-electron chi connectivity index (χ0n) is 13.3. The molecule has 1 fully saturated rings. The molecule has 0 unspecified atom stereocenters. The van der Waals surface area contributed by atoms with Crippen LogP contribution in [0.15, 0.2) is 54.6 Å². The summed E-state index contributed by atoms with van der Waals surface area (Å²) < 4.78 is 0. The van der Waals surface area contributed by atoms with E-state index in [-0.39, 0.29) is 5.41 Å². The molecule has 3 nitrogen and oxygen atoms in total. The Kier molecular flexibility index (Phi) is 4.77. The first kappa shape index (κ1) is 15.8. The van der Waals surface area contributed by atoms with Crippen molar-refractivity contribution in [3.63, 3.8) is 0 Å². The molecule has 23 heavy (non-hydrogen) atoms. The number of hydrogen-bond donors (Lipinski definition) is 2. The molecular weight excluding hydrogens is 286 g/mol. The molecule has 3 heteroatoms. The van der Waals surface area contributed by atoms with Crippen LogP contribution in [0.4, 0.5) is 0 Å². The van der Waals surface area contributed by atoms with Crippen molar-refractivity contribution in [1.29, 1.82) is 0 Å². The number of aromatic carboxylic acids is 1. The molecule has 2 aromatic carbocycles. The van der Waals surface area contributed by atoms with Gasteiger partial charge in [-0.3, -0.25) is 0 Å². The van der Waals surface area contributed by atoms with Gasteiger partial charge in [-0.1, -0.05) is 55.3 Å². The average Bonchev–Trinajstić information content (AvgIpc) is 3.06. The van der Waals surface area contributed by atoms with Crippen LogP contribution in [0.3, 0.4) is 0 Å². The fraction of sp³-hybridized carbons (Fsp3) is 0.350. The summed E-state index contributed by atoms with van der Waals surface area (Å²) in [6.07, 6.45) is 5.07. The van der Waals surface area contributed by atoms with Crippen LogP contribution in [0.1, 0.15) is 47.2 Å². The molecule has 0 atom stereocenters. The highest BCUT2D eigenvalue weighted by Crippen LogP contribution is 2.40. The highest BCUT2D eigenvalue weighted by molar-refractivity contribution is 5.87. The normalized spacial score (nSPS) is 16.3. The summed E-state index contributed by atoms with van der Waals surface area (Å²) in [6, 6.07) is 17.9. The van der Waals surface area contributed by atoms with Crippen molar-refractivity contribution in [2.24, 2.45) is 0 Å². The molecule has 1 aliphatic rings. The second-order valence-corrected chi connectivity index (χ2v) is 6.46. The standard InChI is InChI=1S/C20H23NO2/c22-19(23)17-10-8-16(9-11-17)14-21-15-20(12-4-5-13-20)18-6-2-1-3-7-18/h1-3,6-11,21H,4-5,12-15H2,(H,22,23). The van der Waals surface area contributed by atoms with Gasteiger partial charge in [0.2, 0.25) is 0 Å². The quantitative estimate of drug-likeness (QED) is 0.848. The number of hydrogen-bond acceptors (Lipinski definition) is 2. The fourth-order valence-electron chi connectivity index (χ4n) is 3.62. The molecule has 0 aliphatic heterocycles. The van der Waals surface area contributed by atoms with E-state index in [1.54, 1.807) is 12.1 Å². The summed E-state index contributed by atoms with van der Waals surface area (Å²) in [5, 5.41) is 12.5. The molecule has 2 N–H and O–H groups in total. The van der Waals surface area contributed by atoms with Crippen molar-refractivity contribution < 1.29 is 9.90 Å². The van der Waals surface area contributed by atoms with Crippen LogP contribution in [-0.2, 0) is 12.0 Å². The summed E-state index contributed by atoms with van der Waals surface area (Å²) in [6.45, 7) is 1.74. The maximum Gasteiger partial charge on any atom is 0.335 e. The second kappa shape index (κ2) is 6.97. The van der Waals surface area contributed by atoms with Gasteiger partial charge in [-0.15, -0.1) is 0 Å². The van der Waals surface area contributed by atoms with Gasteiger partial charge in [-0.2, -0.15) is 0 Å². The van der Waals surface area contributed by atoms with Crippen LogP contribution in [0.5, 0.6) is 0 Å². The zero-order chi connectivity index (χ0) is 16.1. The predicted molar refractivity (Wildman–Crippen MR) is 91.7 cm³/mol. The number of nitrogens with one attached hydrogen (secondary N) is 1. The van der Waals surface area contributed by atoms with E-state index in [2.05, 4.69) is 35.6 Å². The van der Waals surface area contributed by atoms with Crippen molar-refractivity contribution in [2.75, 3.05) is 6.54 Å². The highest BCUT2D eigenvalue weighted by atomic mass is 16.4. The molecule has 0 amide bonds. The van der Waals surface area contributed by atoms with Crippen molar-refractivity contribution in [3.05, 3.63) is 71.3 Å². The first-order chi connectivity index (χ1) is 11.2. The van der Waals surface area contributed by atoms with E-state index < -0.39 is 5.97 Å². The van der Waals surface area contributed by atoms with E-state index in [9.17, 15) is 4.79 Å². The summed E-state index contributed by atoms with van der Waals surface area (Å²) in [4.78, 5) is 10.9. The third-order valence-electron chi connectivity index (χ3n) is 4.94. The van der Waals surface area contributed by atoms with Gasteiger partial charge in [0.05, 0.1) is 5.56 Å². The zero-order valence-corrected chi connectivity index (χ0v) is 13.3. The van der Waals surface area contributed by atoms with Crippen molar-refractivity contribution in [2.45, 2.75) is 37.6 Å². The molecule has 2 aromatic rings. The van der Waals surface area contributed by atoms with Crippen LogP contribution in [-0.4, -0.2) is 17.6 Å². The van der Waals surface area contributed by atoms with E-state index >= 15 is 0 Å². The van der Waals surface area contributed by atoms with Gasteiger partial charge in [0.15, 0.2) is 0 Å². The van der Waals surface area contributed by atoms with E-state index in [0.717, 1.165) is 18.7 Å². The highest BCUT2D eigenvalue weighted by Gasteiger charge is 2.34. The molecule has 0 heterocycles. The lowest BCUT2D eigenvalue weighted by Crippen LogP contribution is -2.35. The fourth-order valence-corrected chi connectivity index (χ4v) is 3.62. The number of carbonyl (C=O) groups is 1. The summed E-state index contributed by atoms with van der Waals surface area (Å²) >= 11 is 0. The maximum absolute atomic E-state index is 10.9. The van der Waals surface area contributed by atoms with Crippen LogP contribution in [0.2, 0.25) is 0 Å². The average molecular weight is 309 g/mol. The van der Waals surface area contributed by atoms with Crippen molar-refractivity contribution in [3.8, 4) is 0 Å². The Bertz CT molecular complexity index is 643. The van der Waals surface area contributed by atoms with Gasteiger partial charge in [0, 0.05) is 18.5 Å².